The third-order valence-electron chi connectivity index (χ3n) is 3.86. The van der Waals surface area contributed by atoms with E-state index < -0.39 is 0 Å². The standard InChI is InChI=1S/C16H23FN2O2.ClH/c1-18-14-7-9-19(10-8-14)16(20)6-3-11-21-15-5-2-4-13(17)12-15;/h2,4-5,12,14,18H,3,6-11H2,1H3;1H. The first kappa shape index (κ1) is 18.7. The van der Waals surface area contributed by atoms with Gasteiger partial charge in [0.25, 0.3) is 0 Å². The van der Waals surface area contributed by atoms with Gasteiger partial charge in [-0.2, -0.15) is 0 Å². The van der Waals surface area contributed by atoms with Crippen molar-refractivity contribution >= 4 is 18.3 Å². The molecule has 4 nitrogen and oxygen atoms in total. The van der Waals surface area contributed by atoms with Crippen LogP contribution in [-0.2, 0) is 4.79 Å². The van der Waals surface area contributed by atoms with Crippen LogP contribution in [0.15, 0.2) is 24.3 Å². The van der Waals surface area contributed by atoms with E-state index >= 15 is 0 Å². The predicted octanol–water partition coefficient (Wildman–Crippen LogP) is 2.62. The summed E-state index contributed by atoms with van der Waals surface area (Å²) in [6, 6.07) is 6.59. The molecular weight excluding hydrogens is 307 g/mol. The summed E-state index contributed by atoms with van der Waals surface area (Å²) >= 11 is 0. The van der Waals surface area contributed by atoms with Crippen molar-refractivity contribution in [2.75, 3.05) is 26.7 Å². The molecule has 124 valence electrons. The Morgan fingerprint density at radius 2 is 2.14 bits per heavy atom. The molecule has 1 aliphatic rings. The maximum atomic E-state index is 13.0. The molecule has 6 heteroatoms. The second-order valence-electron chi connectivity index (χ2n) is 5.35. The molecule has 0 spiro atoms. The summed E-state index contributed by atoms with van der Waals surface area (Å²) in [5.74, 6) is 0.389. The Hall–Kier alpha value is -1.33. The van der Waals surface area contributed by atoms with Gasteiger partial charge in [0.05, 0.1) is 6.61 Å². The number of hydrogen-bond acceptors (Lipinski definition) is 3. The monoisotopic (exact) mass is 330 g/mol. The topological polar surface area (TPSA) is 41.6 Å². The summed E-state index contributed by atoms with van der Waals surface area (Å²) in [5, 5.41) is 3.25. The molecule has 0 aromatic heterocycles. The number of benzene rings is 1. The number of nitrogens with zero attached hydrogens (tertiary/aromatic N) is 1. The minimum atomic E-state index is -0.309. The number of ether oxygens (including phenoxy) is 1. The van der Waals surface area contributed by atoms with Gasteiger partial charge in [0.1, 0.15) is 11.6 Å². The molecule has 0 radical (unpaired) electrons. The lowest BCUT2D eigenvalue weighted by molar-refractivity contribution is -0.132. The summed E-state index contributed by atoms with van der Waals surface area (Å²) < 4.78 is 18.4. The lowest BCUT2D eigenvalue weighted by atomic mass is 10.0. The molecule has 22 heavy (non-hydrogen) atoms. The molecule has 1 amide bonds. The Kier molecular flexibility index (Phi) is 8.20. The molecule has 1 aromatic rings. The maximum absolute atomic E-state index is 13.0. The summed E-state index contributed by atoms with van der Waals surface area (Å²) in [7, 11) is 1.96. The molecule has 1 saturated heterocycles. The fourth-order valence-electron chi connectivity index (χ4n) is 2.55. The molecule has 1 heterocycles. The maximum Gasteiger partial charge on any atom is 0.222 e. The van der Waals surface area contributed by atoms with Gasteiger partial charge < -0.3 is 15.0 Å². The number of halogens is 2. The highest BCUT2D eigenvalue weighted by molar-refractivity contribution is 5.85. The highest BCUT2D eigenvalue weighted by Gasteiger charge is 2.21. The minimum absolute atomic E-state index is 0. The van der Waals surface area contributed by atoms with Gasteiger partial charge in [-0.3, -0.25) is 4.79 Å². The van der Waals surface area contributed by atoms with Gasteiger partial charge in [0, 0.05) is 31.6 Å². The Morgan fingerprint density at radius 3 is 2.77 bits per heavy atom. The van der Waals surface area contributed by atoms with Crippen molar-refractivity contribution in [2.24, 2.45) is 0 Å². The number of carbonyl (C=O) groups is 1. The highest BCUT2D eigenvalue weighted by atomic mass is 35.5. The van der Waals surface area contributed by atoms with Gasteiger partial charge in [-0.05, 0) is 38.4 Å². The number of hydrogen-bond donors (Lipinski definition) is 1. The molecule has 2 rings (SSSR count). The highest BCUT2D eigenvalue weighted by Crippen LogP contribution is 2.14. The molecule has 0 bridgehead atoms. The fraction of sp³-hybridized carbons (Fsp3) is 0.562. The average Bonchev–Trinajstić information content (AvgIpc) is 2.51. The lowest BCUT2D eigenvalue weighted by Crippen LogP contribution is -2.43. The third kappa shape index (κ3) is 5.81. The molecule has 0 saturated carbocycles. The van der Waals surface area contributed by atoms with E-state index in [0.29, 0.717) is 31.2 Å². The Morgan fingerprint density at radius 1 is 1.41 bits per heavy atom. The van der Waals surface area contributed by atoms with Gasteiger partial charge in [-0.1, -0.05) is 6.07 Å². The number of amides is 1. The number of nitrogens with one attached hydrogen (secondary N) is 1. The van der Waals surface area contributed by atoms with Gasteiger partial charge in [0.2, 0.25) is 5.91 Å². The van der Waals surface area contributed by atoms with Crippen LogP contribution in [0.4, 0.5) is 4.39 Å². The zero-order chi connectivity index (χ0) is 15.1. The van der Waals surface area contributed by atoms with Crippen LogP contribution < -0.4 is 10.1 Å². The zero-order valence-corrected chi connectivity index (χ0v) is 13.7. The first-order valence-electron chi connectivity index (χ1n) is 7.52. The molecule has 1 aromatic carbocycles. The first-order valence-corrected chi connectivity index (χ1v) is 7.52. The SMILES string of the molecule is CNC1CCN(C(=O)CCCOc2cccc(F)c2)CC1.Cl. The van der Waals surface area contributed by atoms with Crippen molar-refractivity contribution in [1.29, 1.82) is 0 Å². The minimum Gasteiger partial charge on any atom is -0.493 e. The van der Waals surface area contributed by atoms with Gasteiger partial charge in [0.15, 0.2) is 0 Å². The summed E-state index contributed by atoms with van der Waals surface area (Å²) in [4.78, 5) is 14.0. The zero-order valence-electron chi connectivity index (χ0n) is 12.9. The van der Waals surface area contributed by atoms with Crippen molar-refractivity contribution < 1.29 is 13.9 Å². The van der Waals surface area contributed by atoms with Crippen LogP contribution in [0.2, 0.25) is 0 Å². The van der Waals surface area contributed by atoms with E-state index in [2.05, 4.69) is 5.32 Å². The van der Waals surface area contributed by atoms with E-state index in [9.17, 15) is 9.18 Å². The van der Waals surface area contributed by atoms with Crippen molar-refractivity contribution in [3.05, 3.63) is 30.1 Å². The number of rotatable bonds is 6. The normalized spacial score (nSPS) is 15.3. The van der Waals surface area contributed by atoms with E-state index in [0.717, 1.165) is 25.9 Å². The summed E-state index contributed by atoms with van der Waals surface area (Å²) in [5.41, 5.74) is 0. The molecule has 0 unspecified atom stereocenters. The molecule has 1 aliphatic heterocycles. The molecule has 0 aliphatic carbocycles. The third-order valence-corrected chi connectivity index (χ3v) is 3.86. The molecule has 1 fully saturated rings. The van der Waals surface area contributed by atoms with E-state index in [-0.39, 0.29) is 24.1 Å². The Labute approximate surface area is 137 Å². The second-order valence-corrected chi connectivity index (χ2v) is 5.35. The van der Waals surface area contributed by atoms with Crippen LogP contribution in [-0.4, -0.2) is 43.6 Å². The number of likely N-dealkylation sites (tertiary alicyclic amines) is 1. The van der Waals surface area contributed by atoms with E-state index in [1.807, 2.05) is 11.9 Å². The Bertz CT molecular complexity index is 465. The van der Waals surface area contributed by atoms with Crippen molar-refractivity contribution in [2.45, 2.75) is 31.7 Å². The van der Waals surface area contributed by atoms with E-state index in [4.69, 9.17) is 4.74 Å². The van der Waals surface area contributed by atoms with Gasteiger partial charge >= 0.3 is 0 Å². The van der Waals surface area contributed by atoms with Gasteiger partial charge in [-0.25, -0.2) is 4.39 Å². The van der Waals surface area contributed by atoms with E-state index in [1.54, 1.807) is 12.1 Å². The lowest BCUT2D eigenvalue weighted by Gasteiger charge is -2.31. The molecular formula is C16H24ClFN2O2. The smallest absolute Gasteiger partial charge is 0.222 e. The Balaban J connectivity index is 0.00000242. The second kappa shape index (κ2) is 9.64. The van der Waals surface area contributed by atoms with Crippen LogP contribution in [0, 0.1) is 5.82 Å². The molecule has 0 atom stereocenters. The van der Waals surface area contributed by atoms with Crippen LogP contribution in [0.25, 0.3) is 0 Å². The first-order chi connectivity index (χ1) is 10.2. The molecule has 1 N–H and O–H groups in total. The van der Waals surface area contributed by atoms with Crippen LogP contribution in [0.5, 0.6) is 5.75 Å². The number of carbonyl (C=O) groups excluding carboxylic acids is 1. The predicted molar refractivity (Wildman–Crippen MR) is 87.0 cm³/mol. The van der Waals surface area contributed by atoms with Crippen molar-refractivity contribution in [3.8, 4) is 5.75 Å². The van der Waals surface area contributed by atoms with Crippen molar-refractivity contribution in [3.63, 3.8) is 0 Å². The van der Waals surface area contributed by atoms with Crippen LogP contribution in [0.3, 0.4) is 0 Å². The van der Waals surface area contributed by atoms with Gasteiger partial charge in [-0.15, -0.1) is 12.4 Å². The average molecular weight is 331 g/mol. The van der Waals surface area contributed by atoms with E-state index in [1.165, 1.54) is 12.1 Å². The summed E-state index contributed by atoms with van der Waals surface area (Å²) in [6.45, 7) is 2.09. The quantitative estimate of drug-likeness (QED) is 0.815. The van der Waals surface area contributed by atoms with Crippen LogP contribution in [0.1, 0.15) is 25.7 Å². The largest absolute Gasteiger partial charge is 0.493 e. The summed E-state index contributed by atoms with van der Waals surface area (Å²) in [6.07, 6.45) is 3.17. The van der Waals surface area contributed by atoms with Crippen LogP contribution >= 0.6 is 12.4 Å². The fourth-order valence-corrected chi connectivity index (χ4v) is 2.55. The number of piperidine rings is 1. The van der Waals surface area contributed by atoms with Crippen molar-refractivity contribution in [1.82, 2.24) is 10.2 Å².